The lowest BCUT2D eigenvalue weighted by Gasteiger charge is -2.24. The van der Waals surface area contributed by atoms with E-state index in [2.05, 4.69) is 15.4 Å². The van der Waals surface area contributed by atoms with Gasteiger partial charge in [-0.1, -0.05) is 12.1 Å². The summed E-state index contributed by atoms with van der Waals surface area (Å²) in [5, 5.41) is 4.90. The van der Waals surface area contributed by atoms with E-state index in [1.54, 1.807) is 20.8 Å². The normalized spacial score (nSPS) is 13.0. The summed E-state index contributed by atoms with van der Waals surface area (Å²) in [6.07, 6.45) is -0.370. The number of ether oxygens (including phenoxy) is 2. The van der Waals surface area contributed by atoms with Crippen LogP contribution in [-0.2, 0) is 35.1 Å². The third-order valence-corrected chi connectivity index (χ3v) is 3.64. The fourth-order valence-corrected chi connectivity index (χ4v) is 2.47. The molecule has 0 fully saturated rings. The number of halogens is 1. The Balaban J connectivity index is 2.92. The van der Waals surface area contributed by atoms with Crippen molar-refractivity contribution in [1.29, 1.82) is 0 Å². The molecule has 1 aromatic rings. The Morgan fingerprint density at radius 2 is 1.62 bits per heavy atom. The van der Waals surface area contributed by atoms with Gasteiger partial charge in [-0.25, -0.2) is 9.18 Å². The van der Waals surface area contributed by atoms with E-state index in [4.69, 9.17) is 4.74 Å². The molecule has 1 aromatic carbocycles. The lowest BCUT2D eigenvalue weighted by atomic mass is 10.0. The zero-order valence-corrected chi connectivity index (χ0v) is 17.2. The molecule has 0 heterocycles. The average Bonchev–Trinajstić information content (AvgIpc) is 2.59. The predicted octanol–water partition coefficient (Wildman–Crippen LogP) is 1.26. The van der Waals surface area contributed by atoms with Gasteiger partial charge in [0.25, 0.3) is 0 Å². The lowest BCUT2D eigenvalue weighted by Crippen LogP contribution is -2.53. The molecule has 0 bridgehead atoms. The van der Waals surface area contributed by atoms with Crippen LogP contribution in [0, 0.1) is 5.82 Å². The van der Waals surface area contributed by atoms with Crippen LogP contribution in [0.5, 0.6) is 0 Å². The Morgan fingerprint density at radius 3 is 2.10 bits per heavy atom. The molecule has 0 aliphatic carbocycles. The summed E-state index contributed by atoms with van der Waals surface area (Å²) in [6.45, 7) is 6.26. The Morgan fingerprint density at radius 1 is 1.03 bits per heavy atom. The van der Waals surface area contributed by atoms with E-state index >= 15 is 0 Å². The Labute approximate surface area is 169 Å². The van der Waals surface area contributed by atoms with Gasteiger partial charge in [0.2, 0.25) is 11.8 Å². The van der Waals surface area contributed by atoms with Crippen molar-refractivity contribution in [1.82, 2.24) is 10.6 Å². The number of esters is 2. The molecule has 0 saturated carbocycles. The van der Waals surface area contributed by atoms with Crippen molar-refractivity contribution in [2.75, 3.05) is 7.11 Å². The van der Waals surface area contributed by atoms with Gasteiger partial charge < -0.3 is 20.1 Å². The van der Waals surface area contributed by atoms with E-state index in [9.17, 15) is 23.6 Å². The van der Waals surface area contributed by atoms with Gasteiger partial charge in [-0.15, -0.1) is 0 Å². The summed E-state index contributed by atoms with van der Waals surface area (Å²) < 4.78 is 22.9. The van der Waals surface area contributed by atoms with Crippen LogP contribution in [0.2, 0.25) is 0 Å². The van der Waals surface area contributed by atoms with Gasteiger partial charge in [-0.3, -0.25) is 14.4 Å². The Kier molecular flexibility index (Phi) is 8.75. The number of carbonyl (C=O) groups excluding carboxylic acids is 4. The Hall–Kier alpha value is -2.97. The third kappa shape index (κ3) is 9.18. The maximum absolute atomic E-state index is 13.1. The van der Waals surface area contributed by atoms with Crippen LogP contribution in [0.25, 0.3) is 0 Å². The number of carbonyl (C=O) groups is 4. The lowest BCUT2D eigenvalue weighted by molar-refractivity contribution is -0.159. The molecule has 0 spiro atoms. The molecule has 0 aromatic heterocycles. The fourth-order valence-electron chi connectivity index (χ4n) is 2.47. The quantitative estimate of drug-likeness (QED) is 0.625. The van der Waals surface area contributed by atoms with Crippen LogP contribution in [0.4, 0.5) is 4.39 Å². The zero-order chi connectivity index (χ0) is 22.2. The molecule has 9 heteroatoms. The van der Waals surface area contributed by atoms with E-state index in [0.29, 0.717) is 5.56 Å². The maximum atomic E-state index is 13.1. The number of rotatable bonds is 8. The monoisotopic (exact) mass is 410 g/mol. The molecule has 8 nitrogen and oxygen atoms in total. The van der Waals surface area contributed by atoms with Crippen molar-refractivity contribution in [2.45, 2.75) is 58.2 Å². The molecule has 0 unspecified atom stereocenters. The SMILES string of the molecule is COC(=O)[C@@H](CC(=O)OC(C)(C)C)NC(=O)[C@H](Cc1ccc(F)cc1)NC(C)=O. The summed E-state index contributed by atoms with van der Waals surface area (Å²) in [5.74, 6) is -3.11. The predicted molar refractivity (Wildman–Crippen MR) is 102 cm³/mol. The van der Waals surface area contributed by atoms with Crippen molar-refractivity contribution in [2.24, 2.45) is 0 Å². The standard InChI is InChI=1S/C20H27FN2O6/c1-12(24)22-15(10-13-6-8-14(21)9-7-13)18(26)23-16(19(27)28-5)11-17(25)29-20(2,3)4/h6-9,15-16H,10-11H2,1-5H3,(H,22,24)(H,23,26)/t15-,16+/m0/s1. The van der Waals surface area contributed by atoms with Gasteiger partial charge in [0.1, 0.15) is 23.5 Å². The molecule has 0 radical (unpaired) electrons. The van der Waals surface area contributed by atoms with Crippen LogP contribution >= 0.6 is 0 Å². The van der Waals surface area contributed by atoms with Gasteiger partial charge in [-0.05, 0) is 38.5 Å². The summed E-state index contributed by atoms with van der Waals surface area (Å²) in [6, 6.07) is 3.11. The van der Waals surface area contributed by atoms with E-state index in [1.807, 2.05) is 0 Å². The second kappa shape index (κ2) is 10.5. The van der Waals surface area contributed by atoms with Crippen LogP contribution in [-0.4, -0.2) is 48.5 Å². The first kappa shape index (κ1) is 24.1. The van der Waals surface area contributed by atoms with Gasteiger partial charge in [-0.2, -0.15) is 0 Å². The van der Waals surface area contributed by atoms with E-state index in [1.165, 1.54) is 31.2 Å². The molecule has 160 valence electrons. The van der Waals surface area contributed by atoms with E-state index in [-0.39, 0.29) is 6.42 Å². The van der Waals surface area contributed by atoms with E-state index in [0.717, 1.165) is 7.11 Å². The third-order valence-electron chi connectivity index (χ3n) is 3.64. The molecular formula is C20H27FN2O6. The number of nitrogens with one attached hydrogen (secondary N) is 2. The van der Waals surface area contributed by atoms with Crippen molar-refractivity contribution in [3.8, 4) is 0 Å². The largest absolute Gasteiger partial charge is 0.467 e. The summed E-state index contributed by atoms with van der Waals surface area (Å²) in [4.78, 5) is 48.3. The number of hydrogen-bond donors (Lipinski definition) is 2. The molecule has 2 atom stereocenters. The van der Waals surface area contributed by atoms with Gasteiger partial charge in [0.05, 0.1) is 13.5 Å². The number of hydrogen-bond acceptors (Lipinski definition) is 6. The zero-order valence-electron chi connectivity index (χ0n) is 17.2. The number of amides is 2. The highest BCUT2D eigenvalue weighted by Crippen LogP contribution is 2.11. The van der Waals surface area contributed by atoms with E-state index < -0.39 is 53.7 Å². The number of benzene rings is 1. The summed E-state index contributed by atoms with van der Waals surface area (Å²) in [5.41, 5.74) is -0.162. The van der Waals surface area contributed by atoms with Crippen LogP contribution in [0.15, 0.2) is 24.3 Å². The van der Waals surface area contributed by atoms with Gasteiger partial charge in [0, 0.05) is 13.3 Å². The van der Waals surface area contributed by atoms with Crippen LogP contribution in [0.3, 0.4) is 0 Å². The molecule has 2 N–H and O–H groups in total. The average molecular weight is 410 g/mol. The molecule has 0 saturated heterocycles. The van der Waals surface area contributed by atoms with Crippen molar-refractivity contribution < 1.29 is 33.0 Å². The topological polar surface area (TPSA) is 111 Å². The highest BCUT2D eigenvalue weighted by Gasteiger charge is 2.30. The van der Waals surface area contributed by atoms with Gasteiger partial charge >= 0.3 is 11.9 Å². The van der Waals surface area contributed by atoms with Crippen LogP contribution < -0.4 is 10.6 Å². The van der Waals surface area contributed by atoms with Crippen molar-refractivity contribution in [3.05, 3.63) is 35.6 Å². The minimum absolute atomic E-state index is 0.0615. The van der Waals surface area contributed by atoms with Gasteiger partial charge in [0.15, 0.2) is 0 Å². The first-order valence-corrected chi connectivity index (χ1v) is 9.03. The molecule has 2 amide bonds. The fraction of sp³-hybridized carbons (Fsp3) is 0.500. The minimum Gasteiger partial charge on any atom is -0.467 e. The first-order chi connectivity index (χ1) is 13.4. The van der Waals surface area contributed by atoms with Crippen molar-refractivity contribution in [3.63, 3.8) is 0 Å². The van der Waals surface area contributed by atoms with Crippen molar-refractivity contribution >= 4 is 23.8 Å². The molecule has 0 aliphatic heterocycles. The molecular weight excluding hydrogens is 383 g/mol. The van der Waals surface area contributed by atoms with Crippen LogP contribution in [0.1, 0.15) is 39.7 Å². The number of methoxy groups -OCH3 is 1. The molecule has 1 rings (SSSR count). The maximum Gasteiger partial charge on any atom is 0.328 e. The molecule has 0 aliphatic rings. The highest BCUT2D eigenvalue weighted by molar-refractivity contribution is 5.92. The first-order valence-electron chi connectivity index (χ1n) is 9.03. The Bertz CT molecular complexity index is 742. The molecule has 29 heavy (non-hydrogen) atoms. The highest BCUT2D eigenvalue weighted by atomic mass is 19.1. The summed E-state index contributed by atoms with van der Waals surface area (Å²) in [7, 11) is 1.13. The smallest absolute Gasteiger partial charge is 0.328 e. The second-order valence-corrected chi connectivity index (χ2v) is 7.46. The summed E-state index contributed by atoms with van der Waals surface area (Å²) >= 11 is 0. The second-order valence-electron chi connectivity index (χ2n) is 7.46. The minimum atomic E-state index is -1.29.